The summed E-state index contributed by atoms with van der Waals surface area (Å²) in [6.07, 6.45) is 3.03. The van der Waals surface area contributed by atoms with E-state index in [2.05, 4.69) is 0 Å². The molecule has 0 atom stereocenters. The van der Waals surface area contributed by atoms with E-state index in [0.29, 0.717) is 0 Å². The van der Waals surface area contributed by atoms with E-state index in [0.717, 1.165) is 5.56 Å². The minimum atomic E-state index is -0.422. The van der Waals surface area contributed by atoms with Crippen molar-refractivity contribution in [3.8, 4) is 0 Å². The van der Waals surface area contributed by atoms with Crippen LogP contribution < -0.4 is 5.73 Å². The molecule has 0 spiro atoms. The van der Waals surface area contributed by atoms with Crippen molar-refractivity contribution in [2.75, 3.05) is 0 Å². The summed E-state index contributed by atoms with van der Waals surface area (Å²) in [5, 5.41) is 0. The number of primary amides is 1. The fourth-order valence-corrected chi connectivity index (χ4v) is 0.743. The molecular formula is C9H9NO. The van der Waals surface area contributed by atoms with Crippen LogP contribution in [0.5, 0.6) is 0 Å². The van der Waals surface area contributed by atoms with Crippen molar-refractivity contribution in [2.24, 2.45) is 5.73 Å². The lowest BCUT2D eigenvalue weighted by Gasteiger charge is -1.88. The minimum absolute atomic E-state index is 0.422. The van der Waals surface area contributed by atoms with Gasteiger partial charge >= 0.3 is 0 Å². The van der Waals surface area contributed by atoms with Gasteiger partial charge in [-0.05, 0) is 11.6 Å². The van der Waals surface area contributed by atoms with Gasteiger partial charge in [-0.1, -0.05) is 30.3 Å². The molecule has 2 nitrogen and oxygen atoms in total. The van der Waals surface area contributed by atoms with Crippen LogP contribution in [0.2, 0.25) is 0 Å². The molecule has 0 saturated heterocycles. The predicted molar refractivity (Wildman–Crippen MR) is 44.7 cm³/mol. The minimum Gasteiger partial charge on any atom is -0.366 e. The molecule has 11 heavy (non-hydrogen) atoms. The van der Waals surface area contributed by atoms with Gasteiger partial charge in [0.15, 0.2) is 0 Å². The normalized spacial score (nSPS) is 10.2. The summed E-state index contributed by atoms with van der Waals surface area (Å²) in [7, 11) is 0. The number of rotatable bonds is 2. The highest BCUT2D eigenvalue weighted by molar-refractivity contribution is 5.90. The molecule has 0 bridgehead atoms. The van der Waals surface area contributed by atoms with Gasteiger partial charge in [0.05, 0.1) is 0 Å². The second-order valence-corrected chi connectivity index (χ2v) is 2.15. The van der Waals surface area contributed by atoms with Crippen molar-refractivity contribution in [3.63, 3.8) is 0 Å². The van der Waals surface area contributed by atoms with Crippen LogP contribution in [0.4, 0.5) is 0 Å². The topological polar surface area (TPSA) is 43.1 Å². The third-order valence-electron chi connectivity index (χ3n) is 1.24. The first-order chi connectivity index (χ1) is 5.29. The molecule has 1 aromatic rings. The molecule has 56 valence electrons. The van der Waals surface area contributed by atoms with Crippen LogP contribution in [0.3, 0.4) is 0 Å². The number of benzene rings is 1. The first-order valence-corrected chi connectivity index (χ1v) is 3.31. The van der Waals surface area contributed by atoms with Crippen molar-refractivity contribution in [3.05, 3.63) is 42.0 Å². The van der Waals surface area contributed by atoms with Crippen molar-refractivity contribution < 1.29 is 4.79 Å². The van der Waals surface area contributed by atoms with Gasteiger partial charge in [-0.15, -0.1) is 0 Å². The van der Waals surface area contributed by atoms with Crippen molar-refractivity contribution >= 4 is 12.0 Å². The zero-order valence-corrected chi connectivity index (χ0v) is 6.03. The number of carbonyl (C=O) groups is 1. The second kappa shape index (κ2) is 3.56. The quantitative estimate of drug-likeness (QED) is 0.627. The first-order valence-electron chi connectivity index (χ1n) is 3.31. The molecule has 0 aliphatic carbocycles. The summed E-state index contributed by atoms with van der Waals surface area (Å²) in [6.45, 7) is 0. The number of carbonyl (C=O) groups excluding carboxylic acids is 1. The van der Waals surface area contributed by atoms with Crippen LogP contribution in [0.25, 0.3) is 6.08 Å². The first kappa shape index (κ1) is 7.54. The molecule has 2 heteroatoms. The van der Waals surface area contributed by atoms with Gasteiger partial charge in [-0.25, -0.2) is 0 Å². The molecule has 0 aliphatic heterocycles. The summed E-state index contributed by atoms with van der Waals surface area (Å²) < 4.78 is 0. The molecule has 1 aromatic carbocycles. The lowest BCUT2D eigenvalue weighted by Crippen LogP contribution is -2.04. The summed E-state index contributed by atoms with van der Waals surface area (Å²) >= 11 is 0. The molecule has 1 amide bonds. The number of amides is 1. The SMILES string of the molecule is NC(=O)/C=C\c1ccccc1. The summed E-state index contributed by atoms with van der Waals surface area (Å²) in [5.41, 5.74) is 5.89. The van der Waals surface area contributed by atoms with Crippen LogP contribution in [0.15, 0.2) is 36.4 Å². The molecule has 2 N–H and O–H groups in total. The van der Waals surface area contributed by atoms with Gasteiger partial charge in [0.25, 0.3) is 0 Å². The van der Waals surface area contributed by atoms with Gasteiger partial charge in [0, 0.05) is 6.08 Å². The van der Waals surface area contributed by atoms with Gasteiger partial charge in [0.2, 0.25) is 5.91 Å². The Labute approximate surface area is 65.3 Å². The van der Waals surface area contributed by atoms with E-state index in [1.54, 1.807) is 6.08 Å². The van der Waals surface area contributed by atoms with Crippen LogP contribution >= 0.6 is 0 Å². The third kappa shape index (κ3) is 2.67. The lowest BCUT2D eigenvalue weighted by atomic mass is 10.2. The molecule has 0 aliphatic rings. The average Bonchev–Trinajstić information content (AvgIpc) is 2.03. The lowest BCUT2D eigenvalue weighted by molar-refractivity contribution is -0.113. The Kier molecular flexibility index (Phi) is 2.44. The molecule has 1 rings (SSSR count). The smallest absolute Gasteiger partial charge is 0.241 e. The molecule has 0 aromatic heterocycles. The highest BCUT2D eigenvalue weighted by Gasteiger charge is 1.84. The largest absolute Gasteiger partial charge is 0.366 e. The van der Waals surface area contributed by atoms with E-state index < -0.39 is 5.91 Å². The maximum atomic E-state index is 10.3. The van der Waals surface area contributed by atoms with Gasteiger partial charge in [0.1, 0.15) is 0 Å². The highest BCUT2D eigenvalue weighted by atomic mass is 16.1. The van der Waals surface area contributed by atoms with Gasteiger partial charge < -0.3 is 5.73 Å². The van der Waals surface area contributed by atoms with Crippen molar-refractivity contribution in [2.45, 2.75) is 0 Å². The van der Waals surface area contributed by atoms with Crippen molar-refractivity contribution in [1.29, 1.82) is 0 Å². The van der Waals surface area contributed by atoms with Crippen LogP contribution in [-0.4, -0.2) is 5.91 Å². The van der Waals surface area contributed by atoms with Crippen LogP contribution in [-0.2, 0) is 4.79 Å². The average molecular weight is 147 g/mol. The standard InChI is InChI=1S/C9H9NO/c10-9(11)7-6-8-4-2-1-3-5-8/h1-7H,(H2,10,11)/b7-6-. The molecule has 0 saturated carbocycles. The summed E-state index contributed by atoms with van der Waals surface area (Å²) in [4.78, 5) is 10.3. The van der Waals surface area contributed by atoms with Gasteiger partial charge in [-0.3, -0.25) is 4.79 Å². The van der Waals surface area contributed by atoms with Crippen molar-refractivity contribution in [1.82, 2.24) is 0 Å². The maximum absolute atomic E-state index is 10.3. The Morgan fingerprint density at radius 3 is 2.45 bits per heavy atom. The van der Waals surface area contributed by atoms with Crippen LogP contribution in [0, 0.1) is 0 Å². The van der Waals surface area contributed by atoms with E-state index in [1.807, 2.05) is 30.3 Å². The fourth-order valence-electron chi connectivity index (χ4n) is 0.743. The third-order valence-corrected chi connectivity index (χ3v) is 1.24. The predicted octanol–water partition coefficient (Wildman–Crippen LogP) is 1.19. The van der Waals surface area contributed by atoms with Crippen LogP contribution in [0.1, 0.15) is 5.56 Å². The maximum Gasteiger partial charge on any atom is 0.241 e. The fraction of sp³-hybridized carbons (Fsp3) is 0. The summed E-state index contributed by atoms with van der Waals surface area (Å²) in [5.74, 6) is -0.422. The van der Waals surface area contributed by atoms with E-state index in [9.17, 15) is 4.79 Å². The Morgan fingerprint density at radius 2 is 1.91 bits per heavy atom. The Morgan fingerprint density at radius 1 is 1.27 bits per heavy atom. The van der Waals surface area contributed by atoms with Gasteiger partial charge in [-0.2, -0.15) is 0 Å². The molecule has 0 fully saturated rings. The zero-order valence-electron chi connectivity index (χ0n) is 6.03. The monoisotopic (exact) mass is 147 g/mol. The van der Waals surface area contributed by atoms with E-state index in [1.165, 1.54) is 6.08 Å². The molecule has 0 heterocycles. The van der Waals surface area contributed by atoms with E-state index in [4.69, 9.17) is 5.73 Å². The molecule has 0 unspecified atom stereocenters. The Balaban J connectivity index is 2.72. The number of nitrogens with two attached hydrogens (primary N) is 1. The van der Waals surface area contributed by atoms with E-state index >= 15 is 0 Å². The Hall–Kier alpha value is -1.57. The molecular weight excluding hydrogens is 138 g/mol. The Bertz CT molecular complexity index is 264. The highest BCUT2D eigenvalue weighted by Crippen LogP contribution is 1.99. The second-order valence-electron chi connectivity index (χ2n) is 2.15. The molecule has 0 radical (unpaired) electrons. The summed E-state index contributed by atoms with van der Waals surface area (Å²) in [6, 6.07) is 9.53. The number of hydrogen-bond acceptors (Lipinski definition) is 1. The van der Waals surface area contributed by atoms with E-state index in [-0.39, 0.29) is 0 Å². The zero-order chi connectivity index (χ0) is 8.10. The number of hydrogen-bond donors (Lipinski definition) is 1.